The Morgan fingerprint density at radius 1 is 1.53 bits per heavy atom. The van der Waals surface area contributed by atoms with Gasteiger partial charge in [-0.05, 0) is 18.9 Å². The number of nitrogens with zero attached hydrogens (tertiary/aromatic N) is 3. The minimum Gasteiger partial charge on any atom is -0.368 e. The quantitative estimate of drug-likeness (QED) is 0.710. The summed E-state index contributed by atoms with van der Waals surface area (Å²) in [5.41, 5.74) is 8.82. The van der Waals surface area contributed by atoms with Crippen LogP contribution in [0.2, 0.25) is 0 Å². The summed E-state index contributed by atoms with van der Waals surface area (Å²) >= 11 is 0. The van der Waals surface area contributed by atoms with Crippen molar-refractivity contribution in [2.45, 2.75) is 19.4 Å². The van der Waals surface area contributed by atoms with Crippen molar-refractivity contribution in [3.8, 4) is 0 Å². The van der Waals surface area contributed by atoms with Gasteiger partial charge >= 0.3 is 0 Å². The van der Waals surface area contributed by atoms with Crippen molar-refractivity contribution in [2.75, 3.05) is 11.9 Å². The van der Waals surface area contributed by atoms with Crippen LogP contribution in [0, 0.1) is 0 Å². The number of rotatable bonds is 1. The Hall–Kier alpha value is -1.62. The summed E-state index contributed by atoms with van der Waals surface area (Å²) in [7, 11) is 0. The monoisotopic (exact) mass is 203 g/mol. The van der Waals surface area contributed by atoms with E-state index in [4.69, 9.17) is 5.73 Å². The molecule has 0 bridgehead atoms. The average molecular weight is 203 g/mol. The van der Waals surface area contributed by atoms with Crippen LogP contribution in [0.1, 0.15) is 17.7 Å². The second-order valence-corrected chi connectivity index (χ2v) is 3.73. The number of fused-ring (bicyclic) bond motifs is 3. The summed E-state index contributed by atoms with van der Waals surface area (Å²) in [5.74, 6) is 0.967. The largest absolute Gasteiger partial charge is 0.368 e. The number of anilines is 1. The van der Waals surface area contributed by atoms with Crippen LogP contribution in [0.15, 0.2) is 12.3 Å². The molecule has 3 rings (SSSR count). The fourth-order valence-corrected chi connectivity index (χ4v) is 2.04. The SMILES string of the molecule is NCc1ccnc2c3c(nn12)NCCC3. The first-order chi connectivity index (χ1) is 7.40. The lowest BCUT2D eigenvalue weighted by Gasteiger charge is -2.10. The second kappa shape index (κ2) is 3.20. The number of hydrogen-bond acceptors (Lipinski definition) is 4. The molecule has 5 nitrogen and oxygen atoms in total. The predicted molar refractivity (Wildman–Crippen MR) is 57.7 cm³/mol. The molecule has 78 valence electrons. The Morgan fingerprint density at radius 3 is 3.33 bits per heavy atom. The van der Waals surface area contributed by atoms with E-state index in [0.717, 1.165) is 36.5 Å². The van der Waals surface area contributed by atoms with Crippen LogP contribution in [-0.2, 0) is 13.0 Å². The Balaban J connectivity index is 2.31. The summed E-state index contributed by atoms with van der Waals surface area (Å²) in [6.07, 6.45) is 3.99. The third-order valence-corrected chi connectivity index (χ3v) is 2.80. The van der Waals surface area contributed by atoms with E-state index < -0.39 is 0 Å². The van der Waals surface area contributed by atoms with Crippen LogP contribution in [-0.4, -0.2) is 21.1 Å². The van der Waals surface area contributed by atoms with E-state index >= 15 is 0 Å². The molecule has 3 heterocycles. The third-order valence-electron chi connectivity index (χ3n) is 2.80. The van der Waals surface area contributed by atoms with Crippen LogP contribution < -0.4 is 11.1 Å². The molecule has 15 heavy (non-hydrogen) atoms. The molecule has 0 saturated carbocycles. The summed E-state index contributed by atoms with van der Waals surface area (Å²) in [6, 6.07) is 1.91. The molecule has 0 fully saturated rings. The molecule has 0 atom stereocenters. The Morgan fingerprint density at radius 2 is 2.47 bits per heavy atom. The van der Waals surface area contributed by atoms with Gasteiger partial charge in [0.25, 0.3) is 0 Å². The maximum Gasteiger partial charge on any atom is 0.160 e. The molecule has 5 heteroatoms. The zero-order valence-electron chi connectivity index (χ0n) is 8.40. The number of aryl methyl sites for hydroxylation is 1. The van der Waals surface area contributed by atoms with Crippen LogP contribution in [0.3, 0.4) is 0 Å². The number of nitrogens with two attached hydrogens (primary N) is 1. The molecular weight excluding hydrogens is 190 g/mol. The first-order valence-electron chi connectivity index (χ1n) is 5.19. The first kappa shape index (κ1) is 8.67. The van der Waals surface area contributed by atoms with Gasteiger partial charge in [0.2, 0.25) is 0 Å². The Labute approximate surface area is 87.3 Å². The minimum absolute atomic E-state index is 0.486. The van der Waals surface area contributed by atoms with Gasteiger partial charge in [0.15, 0.2) is 11.5 Å². The van der Waals surface area contributed by atoms with Gasteiger partial charge in [-0.25, -0.2) is 9.50 Å². The normalized spacial score (nSPS) is 15.0. The molecule has 0 unspecified atom stereocenters. The van der Waals surface area contributed by atoms with Crippen molar-refractivity contribution in [3.05, 3.63) is 23.5 Å². The highest BCUT2D eigenvalue weighted by Crippen LogP contribution is 2.24. The maximum atomic E-state index is 5.66. The lowest BCUT2D eigenvalue weighted by atomic mass is 10.1. The smallest absolute Gasteiger partial charge is 0.160 e. The van der Waals surface area contributed by atoms with Crippen molar-refractivity contribution in [1.29, 1.82) is 0 Å². The second-order valence-electron chi connectivity index (χ2n) is 3.73. The highest BCUT2D eigenvalue weighted by Gasteiger charge is 2.17. The van der Waals surface area contributed by atoms with Gasteiger partial charge < -0.3 is 11.1 Å². The van der Waals surface area contributed by atoms with E-state index in [2.05, 4.69) is 15.4 Å². The molecule has 0 aromatic carbocycles. The molecule has 0 aliphatic carbocycles. The van der Waals surface area contributed by atoms with Gasteiger partial charge in [0.05, 0.1) is 5.69 Å². The van der Waals surface area contributed by atoms with Gasteiger partial charge in [0, 0.05) is 24.8 Å². The number of nitrogens with one attached hydrogen (secondary N) is 1. The van der Waals surface area contributed by atoms with Gasteiger partial charge in [-0.2, -0.15) is 0 Å². The highest BCUT2D eigenvalue weighted by molar-refractivity contribution is 5.62. The van der Waals surface area contributed by atoms with Crippen LogP contribution in [0.4, 0.5) is 5.82 Å². The third kappa shape index (κ3) is 1.20. The number of aromatic nitrogens is 3. The summed E-state index contributed by atoms with van der Waals surface area (Å²) in [5, 5.41) is 7.78. The predicted octanol–water partition coefficient (Wildman–Crippen LogP) is 0.546. The topological polar surface area (TPSA) is 68.2 Å². The Kier molecular flexibility index (Phi) is 1.85. The first-order valence-corrected chi connectivity index (χ1v) is 5.19. The lowest BCUT2D eigenvalue weighted by molar-refractivity contribution is 0.819. The molecular formula is C10H13N5. The molecule has 0 saturated heterocycles. The summed E-state index contributed by atoms with van der Waals surface area (Å²) < 4.78 is 1.85. The van der Waals surface area contributed by atoms with E-state index in [0.29, 0.717) is 6.54 Å². The lowest BCUT2D eigenvalue weighted by Crippen LogP contribution is -2.10. The van der Waals surface area contributed by atoms with Gasteiger partial charge in [-0.15, -0.1) is 5.10 Å². The zero-order valence-corrected chi connectivity index (χ0v) is 8.40. The molecule has 0 radical (unpaired) electrons. The minimum atomic E-state index is 0.486. The molecule has 0 spiro atoms. The Bertz CT molecular complexity index is 502. The highest BCUT2D eigenvalue weighted by atomic mass is 15.3. The molecule has 2 aromatic heterocycles. The molecule has 1 aliphatic heterocycles. The van der Waals surface area contributed by atoms with E-state index in [1.807, 2.05) is 10.6 Å². The van der Waals surface area contributed by atoms with Gasteiger partial charge in [0.1, 0.15) is 0 Å². The average Bonchev–Trinajstić information content (AvgIpc) is 2.67. The van der Waals surface area contributed by atoms with Crippen molar-refractivity contribution in [1.82, 2.24) is 14.6 Å². The fourth-order valence-electron chi connectivity index (χ4n) is 2.04. The maximum absolute atomic E-state index is 5.66. The standard InChI is InChI=1S/C10H13N5/c11-6-7-3-5-13-10-8-2-1-4-12-9(8)14-15(7)10/h3,5H,1-2,4,6,11H2,(H,12,14). The van der Waals surface area contributed by atoms with Crippen molar-refractivity contribution >= 4 is 11.5 Å². The van der Waals surface area contributed by atoms with E-state index in [-0.39, 0.29) is 0 Å². The van der Waals surface area contributed by atoms with Crippen LogP contribution >= 0.6 is 0 Å². The summed E-state index contributed by atoms with van der Waals surface area (Å²) in [6.45, 7) is 1.48. The van der Waals surface area contributed by atoms with Crippen LogP contribution in [0.25, 0.3) is 5.65 Å². The molecule has 0 amide bonds. The summed E-state index contributed by atoms with van der Waals surface area (Å²) in [4.78, 5) is 4.37. The number of hydrogen-bond donors (Lipinski definition) is 2. The molecule has 3 N–H and O–H groups in total. The molecule has 2 aromatic rings. The fraction of sp³-hybridized carbons (Fsp3) is 0.400. The molecule has 1 aliphatic rings. The van der Waals surface area contributed by atoms with Gasteiger partial charge in [-0.1, -0.05) is 0 Å². The zero-order chi connectivity index (χ0) is 10.3. The van der Waals surface area contributed by atoms with E-state index in [9.17, 15) is 0 Å². The van der Waals surface area contributed by atoms with Crippen molar-refractivity contribution < 1.29 is 0 Å². The van der Waals surface area contributed by atoms with Crippen molar-refractivity contribution in [3.63, 3.8) is 0 Å². The van der Waals surface area contributed by atoms with E-state index in [1.54, 1.807) is 6.20 Å². The van der Waals surface area contributed by atoms with Crippen molar-refractivity contribution in [2.24, 2.45) is 5.73 Å². The van der Waals surface area contributed by atoms with Crippen LogP contribution in [0.5, 0.6) is 0 Å². The van der Waals surface area contributed by atoms with E-state index in [1.165, 1.54) is 5.56 Å². The van der Waals surface area contributed by atoms with Gasteiger partial charge in [-0.3, -0.25) is 0 Å².